The minimum absolute atomic E-state index is 0.0378. The van der Waals surface area contributed by atoms with Gasteiger partial charge in [0.05, 0.1) is 43.5 Å². The van der Waals surface area contributed by atoms with Crippen LogP contribution in [0.1, 0.15) is 61.0 Å². The van der Waals surface area contributed by atoms with E-state index >= 15 is 4.79 Å². The molecule has 0 spiro atoms. The van der Waals surface area contributed by atoms with Crippen LogP contribution in [-0.2, 0) is 29.0 Å². The van der Waals surface area contributed by atoms with E-state index in [9.17, 15) is 9.90 Å². The highest BCUT2D eigenvalue weighted by molar-refractivity contribution is 6.20. The Balaban J connectivity index is 1.38. The molecule has 0 saturated heterocycles. The summed E-state index contributed by atoms with van der Waals surface area (Å²) in [7, 11) is 4.85. The predicted octanol–water partition coefficient (Wildman–Crippen LogP) is 7.31. The number of nitrogens with zero attached hydrogens (tertiary/aromatic N) is 2. The summed E-state index contributed by atoms with van der Waals surface area (Å²) in [4.78, 5) is 30.4. The first-order valence-electron chi connectivity index (χ1n) is 17.5. The molecule has 1 aromatic heterocycles. The zero-order valence-corrected chi connectivity index (χ0v) is 29.5. The van der Waals surface area contributed by atoms with Crippen molar-refractivity contribution in [2.75, 3.05) is 41.2 Å². The van der Waals surface area contributed by atoms with E-state index < -0.39 is 12.0 Å². The second kappa shape index (κ2) is 13.8. The van der Waals surface area contributed by atoms with Crippen LogP contribution in [0.4, 0.5) is 0 Å². The molecule has 0 saturated carbocycles. The maximum Gasteiger partial charge on any atom is 0.338 e. The molecule has 0 unspecified atom stereocenters. The molecule has 1 aliphatic heterocycles. The van der Waals surface area contributed by atoms with Gasteiger partial charge in [-0.2, -0.15) is 0 Å². The van der Waals surface area contributed by atoms with Gasteiger partial charge in [0, 0.05) is 55.1 Å². The Kier molecular flexibility index (Phi) is 8.90. The van der Waals surface area contributed by atoms with Crippen molar-refractivity contribution < 1.29 is 33.6 Å². The third-order valence-corrected chi connectivity index (χ3v) is 10.4. The largest absolute Gasteiger partial charge is 0.497 e. The SMILES string of the molecule is COCCOC(=O)c1ccc2c(c1)c1c3c(c4c(c1n2CCCO)Cc1ccccc1-4)C(=O)N(C(c1ccc(OC)cc1)c1ccc(OC)cc1)C3. The lowest BCUT2D eigenvalue weighted by atomic mass is 9.92. The lowest BCUT2D eigenvalue weighted by Gasteiger charge is -2.29. The molecule has 264 valence electrons. The molecule has 0 radical (unpaired) electrons. The van der Waals surface area contributed by atoms with Gasteiger partial charge < -0.3 is 33.5 Å². The topological polar surface area (TPSA) is 99.5 Å². The molecule has 2 heterocycles. The minimum atomic E-state index is -0.433. The summed E-state index contributed by atoms with van der Waals surface area (Å²) in [5, 5.41) is 11.8. The van der Waals surface area contributed by atoms with Gasteiger partial charge in [-0.05, 0) is 82.3 Å². The molecular weight excluding hydrogens is 656 g/mol. The Labute approximate surface area is 301 Å². The molecule has 2 aliphatic rings. The van der Waals surface area contributed by atoms with Crippen molar-refractivity contribution in [3.63, 3.8) is 0 Å². The third-order valence-electron chi connectivity index (χ3n) is 10.4. The number of fused-ring (bicyclic) bond motifs is 10. The molecule has 5 aromatic carbocycles. The van der Waals surface area contributed by atoms with E-state index in [1.165, 1.54) is 5.56 Å². The van der Waals surface area contributed by atoms with Gasteiger partial charge in [0.25, 0.3) is 5.91 Å². The van der Waals surface area contributed by atoms with Crippen molar-refractivity contribution in [1.29, 1.82) is 0 Å². The van der Waals surface area contributed by atoms with Gasteiger partial charge in [0.1, 0.15) is 18.1 Å². The first-order valence-corrected chi connectivity index (χ1v) is 17.5. The quantitative estimate of drug-likeness (QED) is 0.106. The van der Waals surface area contributed by atoms with Crippen LogP contribution in [0.3, 0.4) is 0 Å². The van der Waals surface area contributed by atoms with E-state index in [0.717, 1.165) is 66.7 Å². The molecule has 9 nitrogen and oxygen atoms in total. The van der Waals surface area contributed by atoms with Gasteiger partial charge in [-0.25, -0.2) is 4.79 Å². The standard InChI is InChI=1S/C43H40N2O7/c1-49-21-22-52-43(48)29-13-18-36-33(24-29)38-35-25-45(40(26-9-14-30(50-2)15-10-26)27-11-16-31(51-3)17-12-27)42(47)39(35)37-32-8-5-4-7-28(32)23-34(37)41(38)44(36)19-6-20-46/h4-5,7-18,24,40,46H,6,19-23,25H2,1-3H3. The predicted molar refractivity (Wildman–Crippen MR) is 199 cm³/mol. The first-order chi connectivity index (χ1) is 25.5. The summed E-state index contributed by atoms with van der Waals surface area (Å²) in [6.45, 7) is 1.42. The number of rotatable bonds is 12. The number of amides is 1. The van der Waals surface area contributed by atoms with Crippen molar-refractivity contribution in [1.82, 2.24) is 9.47 Å². The van der Waals surface area contributed by atoms with E-state index in [-0.39, 0.29) is 19.1 Å². The van der Waals surface area contributed by atoms with E-state index in [2.05, 4.69) is 16.7 Å². The number of esters is 1. The van der Waals surface area contributed by atoms with Crippen molar-refractivity contribution in [2.45, 2.75) is 32.0 Å². The Morgan fingerprint density at radius 3 is 2.17 bits per heavy atom. The minimum Gasteiger partial charge on any atom is -0.497 e. The summed E-state index contributed by atoms with van der Waals surface area (Å²) in [6.07, 6.45) is 1.23. The van der Waals surface area contributed by atoms with E-state index in [1.54, 1.807) is 27.4 Å². The average Bonchev–Trinajstić information content (AvgIpc) is 3.83. The number of hydrogen-bond acceptors (Lipinski definition) is 7. The highest BCUT2D eigenvalue weighted by atomic mass is 16.6. The summed E-state index contributed by atoms with van der Waals surface area (Å²) in [5.41, 5.74) is 10.2. The van der Waals surface area contributed by atoms with Crippen LogP contribution < -0.4 is 9.47 Å². The lowest BCUT2D eigenvalue weighted by molar-refractivity contribution is 0.0388. The van der Waals surface area contributed by atoms with E-state index in [4.69, 9.17) is 18.9 Å². The van der Waals surface area contributed by atoms with Crippen LogP contribution in [0.15, 0.2) is 91.0 Å². The molecule has 1 aliphatic carbocycles. The highest BCUT2D eigenvalue weighted by Gasteiger charge is 2.42. The molecule has 0 fully saturated rings. The summed E-state index contributed by atoms with van der Waals surface area (Å²) >= 11 is 0. The maximum atomic E-state index is 15.2. The Bertz CT molecular complexity index is 2280. The monoisotopic (exact) mass is 696 g/mol. The average molecular weight is 697 g/mol. The highest BCUT2D eigenvalue weighted by Crippen LogP contribution is 2.51. The number of ether oxygens (including phenoxy) is 4. The Morgan fingerprint density at radius 1 is 0.827 bits per heavy atom. The Hall–Kier alpha value is -5.64. The second-order valence-electron chi connectivity index (χ2n) is 13.2. The third kappa shape index (κ3) is 5.48. The van der Waals surface area contributed by atoms with Crippen molar-refractivity contribution in [2.24, 2.45) is 0 Å². The van der Waals surface area contributed by atoms with Gasteiger partial charge in [-0.3, -0.25) is 4.79 Å². The van der Waals surface area contributed by atoms with Gasteiger partial charge in [0.15, 0.2) is 0 Å². The lowest BCUT2D eigenvalue weighted by Crippen LogP contribution is -2.30. The number of aliphatic hydroxyl groups is 1. The zero-order valence-electron chi connectivity index (χ0n) is 29.5. The van der Waals surface area contributed by atoms with Gasteiger partial charge in [-0.1, -0.05) is 48.5 Å². The number of benzene rings is 5. The van der Waals surface area contributed by atoms with Crippen molar-refractivity contribution in [3.8, 4) is 22.6 Å². The number of carbonyl (C=O) groups is 2. The van der Waals surface area contributed by atoms with Crippen LogP contribution in [0, 0.1) is 0 Å². The molecular formula is C43H40N2O7. The van der Waals surface area contributed by atoms with Gasteiger partial charge >= 0.3 is 5.97 Å². The van der Waals surface area contributed by atoms with Crippen LogP contribution in [-0.4, -0.2) is 67.6 Å². The number of aliphatic hydroxyl groups excluding tert-OH is 1. The number of hydrogen-bond donors (Lipinski definition) is 1. The van der Waals surface area contributed by atoms with Crippen molar-refractivity contribution in [3.05, 3.63) is 130 Å². The molecule has 1 amide bonds. The van der Waals surface area contributed by atoms with Crippen LogP contribution in [0.5, 0.6) is 11.5 Å². The van der Waals surface area contributed by atoms with Gasteiger partial charge in [0.2, 0.25) is 0 Å². The molecule has 9 heteroatoms. The summed E-state index contributed by atoms with van der Waals surface area (Å²) in [5.74, 6) is 0.985. The molecule has 6 aromatic rings. The van der Waals surface area contributed by atoms with Crippen molar-refractivity contribution >= 4 is 33.7 Å². The number of aryl methyl sites for hydroxylation is 1. The molecule has 0 atom stereocenters. The Morgan fingerprint density at radius 2 is 1.52 bits per heavy atom. The molecule has 8 rings (SSSR count). The van der Waals surface area contributed by atoms with E-state index in [0.29, 0.717) is 43.7 Å². The summed E-state index contributed by atoms with van der Waals surface area (Å²) in [6, 6.07) is 29.3. The molecule has 52 heavy (non-hydrogen) atoms. The molecule has 0 bridgehead atoms. The number of methoxy groups -OCH3 is 3. The number of aromatic nitrogens is 1. The summed E-state index contributed by atoms with van der Waals surface area (Å²) < 4.78 is 23.9. The normalized spacial score (nSPS) is 13.2. The van der Waals surface area contributed by atoms with Crippen LogP contribution >= 0.6 is 0 Å². The van der Waals surface area contributed by atoms with Gasteiger partial charge in [-0.15, -0.1) is 0 Å². The maximum absolute atomic E-state index is 15.2. The smallest absolute Gasteiger partial charge is 0.338 e. The molecule has 1 N–H and O–H groups in total. The fraction of sp³-hybridized carbons (Fsp3) is 0.256. The fourth-order valence-electron chi connectivity index (χ4n) is 8.10. The number of carbonyl (C=O) groups excluding carboxylic acids is 2. The fourth-order valence-corrected chi connectivity index (χ4v) is 8.10. The first kappa shape index (κ1) is 33.5. The van der Waals surface area contributed by atoms with Crippen LogP contribution in [0.25, 0.3) is 32.9 Å². The second-order valence-corrected chi connectivity index (χ2v) is 13.2. The van der Waals surface area contributed by atoms with Crippen LogP contribution in [0.2, 0.25) is 0 Å². The van der Waals surface area contributed by atoms with E-state index in [1.807, 2.05) is 77.7 Å². The zero-order chi connectivity index (χ0) is 35.9.